The molecule has 0 nitrogen and oxygen atoms in total. The lowest BCUT2D eigenvalue weighted by atomic mass is 10.5. The molecule has 0 unspecified atom stereocenters. The summed E-state index contributed by atoms with van der Waals surface area (Å²) in [5, 5.41) is 0. The lowest BCUT2D eigenvalue weighted by molar-refractivity contribution is 1.50. The van der Waals surface area contributed by atoms with E-state index < -0.39 is 0 Å². The summed E-state index contributed by atoms with van der Waals surface area (Å²) in [5.41, 5.74) is 0. The van der Waals surface area contributed by atoms with E-state index in [9.17, 15) is 0 Å². The van der Waals surface area contributed by atoms with Gasteiger partial charge in [-0.15, -0.1) is 13.2 Å². The maximum absolute atomic E-state index is 3.46. The topological polar surface area (TPSA) is 0 Å². The normalized spacial score (nSPS) is 5.24. The van der Waals surface area contributed by atoms with Gasteiger partial charge in [0, 0.05) is 0 Å². The van der Waals surface area contributed by atoms with Gasteiger partial charge < -0.3 is 0 Å². The molecule has 0 aromatic carbocycles. The third kappa shape index (κ3) is 2730. The minimum Gasteiger partial charge on any atom is -0.103 e. The van der Waals surface area contributed by atoms with E-state index in [1.54, 1.807) is 18.2 Å². The molecule has 0 radical (unpaired) electrons. The molecule has 0 spiro atoms. The van der Waals surface area contributed by atoms with Crippen LogP contribution in [0.3, 0.4) is 0 Å². The molecule has 0 aliphatic rings. The van der Waals surface area contributed by atoms with Crippen LogP contribution in [0.25, 0.3) is 0 Å². The molecule has 106 valence electrons. The molecule has 0 saturated heterocycles. The number of allylic oxidation sites excluding steroid dienone is 5. The number of hydrogen-bond donors (Lipinski definition) is 0. The van der Waals surface area contributed by atoms with Crippen LogP contribution < -0.4 is 0 Å². The van der Waals surface area contributed by atoms with E-state index in [1.165, 1.54) is 0 Å². The van der Waals surface area contributed by atoms with Crippen molar-refractivity contribution in [3.8, 4) is 0 Å². The van der Waals surface area contributed by atoms with Crippen LogP contribution in [0.1, 0.15) is 62.3 Å². The average molecular weight is 242 g/mol. The summed E-state index contributed by atoms with van der Waals surface area (Å²) >= 11 is 0. The quantitative estimate of drug-likeness (QED) is 0.336. The molecule has 0 aliphatic heterocycles. The molecule has 0 saturated carbocycles. The maximum atomic E-state index is 3.46. The first-order valence-corrected chi connectivity index (χ1v) is 6.62. The van der Waals surface area contributed by atoms with Crippen molar-refractivity contribution in [2.45, 2.75) is 62.3 Å². The molecular formula is C17H38. The fraction of sp³-hybridized carbons (Fsp3) is 0.529. The summed E-state index contributed by atoms with van der Waals surface area (Å²) in [6, 6.07) is 0. The van der Waals surface area contributed by atoms with E-state index in [0.717, 1.165) is 0 Å². The van der Waals surface area contributed by atoms with Gasteiger partial charge in [-0.1, -0.05) is 78.5 Å². The van der Waals surface area contributed by atoms with Gasteiger partial charge in [-0.25, -0.2) is 0 Å². The van der Waals surface area contributed by atoms with Crippen molar-refractivity contribution >= 4 is 0 Å². The molecule has 17 heavy (non-hydrogen) atoms. The van der Waals surface area contributed by atoms with E-state index in [4.69, 9.17) is 0 Å². The second-order valence-electron chi connectivity index (χ2n) is 1.58. The summed E-state index contributed by atoms with van der Waals surface area (Å²) in [7, 11) is 0. The second kappa shape index (κ2) is 186. The molecule has 0 atom stereocenters. The Hall–Kier alpha value is -1.04. The summed E-state index contributed by atoms with van der Waals surface area (Å²) in [6.45, 7) is 27.9. The van der Waals surface area contributed by atoms with Crippen LogP contribution in [0.5, 0.6) is 0 Å². The van der Waals surface area contributed by atoms with Crippen LogP contribution >= 0.6 is 0 Å². The molecule has 0 N–H and O–H groups in total. The Morgan fingerprint density at radius 1 is 0.588 bits per heavy atom. The molecule has 0 aromatic heterocycles. The highest BCUT2D eigenvalue weighted by molar-refractivity contribution is 4.94. The van der Waals surface area contributed by atoms with Gasteiger partial charge >= 0.3 is 0 Å². The number of hydrogen-bond acceptors (Lipinski definition) is 0. The van der Waals surface area contributed by atoms with Crippen LogP contribution in [0.4, 0.5) is 0 Å². The summed E-state index contributed by atoms with van der Waals surface area (Å²) < 4.78 is 0. The van der Waals surface area contributed by atoms with E-state index in [-0.39, 0.29) is 0 Å². The van der Waals surface area contributed by atoms with Crippen LogP contribution in [-0.2, 0) is 0 Å². The highest BCUT2D eigenvalue weighted by Gasteiger charge is 1.42. The summed E-state index contributed by atoms with van der Waals surface area (Å²) in [4.78, 5) is 0. The lowest BCUT2D eigenvalue weighted by Crippen LogP contribution is -1.33. The lowest BCUT2D eigenvalue weighted by Gasteiger charge is -1.56. The first-order valence-electron chi connectivity index (χ1n) is 6.62. The Kier molecular flexibility index (Phi) is 394. The Bertz CT molecular complexity index is 90.6. The highest BCUT2D eigenvalue weighted by Crippen LogP contribution is 1.64. The van der Waals surface area contributed by atoms with Crippen molar-refractivity contribution in [3.05, 3.63) is 50.1 Å². The molecule has 0 bridgehead atoms. The van der Waals surface area contributed by atoms with Crippen molar-refractivity contribution in [2.24, 2.45) is 0 Å². The van der Waals surface area contributed by atoms with Gasteiger partial charge in [0.25, 0.3) is 0 Å². The first kappa shape index (κ1) is 36.0. The van der Waals surface area contributed by atoms with Gasteiger partial charge in [0.05, 0.1) is 0 Å². The van der Waals surface area contributed by atoms with Crippen LogP contribution in [0, 0.1) is 0 Å². The molecule has 0 fully saturated rings. The Balaban J connectivity index is -0.0000000225. The Labute approximate surface area is 113 Å². The monoisotopic (exact) mass is 242 g/mol. The Morgan fingerprint density at radius 2 is 0.765 bits per heavy atom. The van der Waals surface area contributed by atoms with Gasteiger partial charge in [0.15, 0.2) is 0 Å². The van der Waals surface area contributed by atoms with E-state index >= 15 is 0 Å². The zero-order valence-electron chi connectivity index (χ0n) is 14.0. The molecular weight excluding hydrogens is 204 g/mol. The zero-order valence-corrected chi connectivity index (χ0v) is 14.0. The molecule has 0 heterocycles. The largest absolute Gasteiger partial charge is 0.103 e. The first-order chi connectivity index (χ1) is 8.24. The summed E-state index contributed by atoms with van der Waals surface area (Å²) in [6.07, 6.45) is 9.08. The van der Waals surface area contributed by atoms with Gasteiger partial charge in [0.1, 0.15) is 0 Å². The van der Waals surface area contributed by atoms with Gasteiger partial charge in [-0.2, -0.15) is 0 Å². The fourth-order valence-electron chi connectivity index (χ4n) is 0.136. The standard InChI is InChI=1S/C5H8.2C3H6.3C2H6/c1-3-5-4-2;2*1-3-2;3*1-2/h3-5H,1H2,2H3;2*3H,1H2,2H3;3*1-2H3/b5-4-;;;;;. The SMILES string of the molecule is C=C/C=C\C.C=CC.C=CC.CC.CC.CC. The smallest absolute Gasteiger partial charge is 0.0467 e. The third-order valence-corrected chi connectivity index (χ3v) is 0.329. The highest BCUT2D eigenvalue weighted by atomic mass is 13.5. The minimum atomic E-state index is 1.75. The zero-order chi connectivity index (χ0) is 15.5. The van der Waals surface area contributed by atoms with Crippen molar-refractivity contribution in [1.29, 1.82) is 0 Å². The van der Waals surface area contributed by atoms with Crippen molar-refractivity contribution in [2.75, 3.05) is 0 Å². The van der Waals surface area contributed by atoms with Crippen LogP contribution in [0.15, 0.2) is 50.1 Å². The maximum Gasteiger partial charge on any atom is -0.0467 e. The molecule has 0 amide bonds. The second-order valence-corrected chi connectivity index (χ2v) is 1.58. The molecule has 0 heteroatoms. The fourth-order valence-corrected chi connectivity index (χ4v) is 0.136. The van der Waals surface area contributed by atoms with Gasteiger partial charge in [-0.05, 0) is 20.8 Å². The van der Waals surface area contributed by atoms with E-state index in [0.29, 0.717) is 0 Å². The molecule has 0 aromatic rings. The summed E-state index contributed by atoms with van der Waals surface area (Å²) in [5.74, 6) is 0. The van der Waals surface area contributed by atoms with Gasteiger partial charge in [0.2, 0.25) is 0 Å². The Morgan fingerprint density at radius 3 is 0.765 bits per heavy atom. The molecule has 0 rings (SSSR count). The van der Waals surface area contributed by atoms with E-state index in [2.05, 4.69) is 19.7 Å². The number of rotatable bonds is 1. The van der Waals surface area contributed by atoms with Crippen LogP contribution in [0.2, 0.25) is 0 Å². The van der Waals surface area contributed by atoms with Crippen LogP contribution in [-0.4, -0.2) is 0 Å². The third-order valence-electron chi connectivity index (χ3n) is 0.329. The predicted octanol–water partition coefficient (Wildman–Crippen LogP) is 7.21. The van der Waals surface area contributed by atoms with Crippen molar-refractivity contribution in [1.82, 2.24) is 0 Å². The van der Waals surface area contributed by atoms with Gasteiger partial charge in [-0.3, -0.25) is 0 Å². The van der Waals surface area contributed by atoms with Crippen molar-refractivity contribution in [3.63, 3.8) is 0 Å². The average Bonchev–Trinajstić information content (AvgIpc) is 2.39. The predicted molar refractivity (Wildman–Crippen MR) is 90.8 cm³/mol. The van der Waals surface area contributed by atoms with Crippen molar-refractivity contribution < 1.29 is 0 Å². The molecule has 0 aliphatic carbocycles. The van der Waals surface area contributed by atoms with E-state index in [1.807, 2.05) is 74.5 Å². The minimum absolute atomic E-state index is 1.75.